The molecule has 0 spiro atoms. The highest BCUT2D eigenvalue weighted by atomic mass is 35.5. The molecule has 0 amide bonds. The lowest BCUT2D eigenvalue weighted by Gasteiger charge is -2.34. The third kappa shape index (κ3) is 18.3. The number of aliphatic hydroxyl groups excluding tert-OH is 1. The minimum Gasteiger partial charge on any atom is -1.00 e. The third-order valence-electron chi connectivity index (χ3n) is 3.67. The highest BCUT2D eigenvalue weighted by molar-refractivity contribution is 5.88. The van der Waals surface area contributed by atoms with Crippen LogP contribution in [0.3, 0.4) is 0 Å². The summed E-state index contributed by atoms with van der Waals surface area (Å²) in [4.78, 5) is 33.1. The van der Waals surface area contributed by atoms with Gasteiger partial charge in [-0.15, -0.1) is 0 Å². The maximum Gasteiger partial charge on any atom is 0.338 e. The van der Waals surface area contributed by atoms with E-state index in [0.717, 1.165) is 19.3 Å². The number of allylic oxidation sites excluding steroid dienone is 1. The Bertz CT molecular complexity index is 610. The molecule has 0 aromatic rings. The Labute approximate surface area is 192 Å². The van der Waals surface area contributed by atoms with E-state index in [2.05, 4.69) is 20.1 Å². The van der Waals surface area contributed by atoms with E-state index >= 15 is 0 Å². The molecule has 0 saturated carbocycles. The van der Waals surface area contributed by atoms with E-state index in [1.54, 1.807) is 6.92 Å². The summed E-state index contributed by atoms with van der Waals surface area (Å²) in [6, 6.07) is 0. The zero-order valence-electron chi connectivity index (χ0n) is 19.5. The van der Waals surface area contributed by atoms with Gasteiger partial charge in [-0.1, -0.05) is 39.0 Å². The number of esters is 2. The number of halogens is 1. The topological polar surface area (TPSA) is 110 Å². The molecular formula is C22H38ClNO7. The molecule has 31 heavy (non-hydrogen) atoms. The van der Waals surface area contributed by atoms with Crippen LogP contribution in [0.25, 0.3) is 0 Å². The normalized spacial score (nSPS) is 12.5. The van der Waals surface area contributed by atoms with Gasteiger partial charge in [0.15, 0.2) is 0 Å². The fourth-order valence-corrected chi connectivity index (χ4v) is 2.05. The minimum atomic E-state index is -0.935. The van der Waals surface area contributed by atoms with Crippen LogP contribution < -0.4 is 12.4 Å². The van der Waals surface area contributed by atoms with Crippen LogP contribution in [0.5, 0.6) is 0 Å². The van der Waals surface area contributed by atoms with Crippen LogP contribution >= 0.6 is 0 Å². The van der Waals surface area contributed by atoms with Crippen molar-refractivity contribution in [1.29, 1.82) is 0 Å². The predicted molar refractivity (Wildman–Crippen MR) is 115 cm³/mol. The van der Waals surface area contributed by atoms with Crippen LogP contribution in [0.1, 0.15) is 46.5 Å². The quantitative estimate of drug-likeness (QED) is 0.136. The minimum absolute atomic E-state index is 0. The van der Waals surface area contributed by atoms with Gasteiger partial charge in [-0.3, -0.25) is 4.48 Å². The fraction of sp³-hybridized carbons (Fsp3) is 0.591. The van der Waals surface area contributed by atoms with Gasteiger partial charge in [0, 0.05) is 17.2 Å². The van der Waals surface area contributed by atoms with Gasteiger partial charge in [0.05, 0.1) is 27.7 Å². The van der Waals surface area contributed by atoms with Gasteiger partial charge in [-0.2, -0.15) is 0 Å². The summed E-state index contributed by atoms with van der Waals surface area (Å²) in [6.45, 7) is 12.3. The van der Waals surface area contributed by atoms with Gasteiger partial charge in [0.1, 0.15) is 6.10 Å². The lowest BCUT2D eigenvalue weighted by molar-refractivity contribution is -0.920. The van der Waals surface area contributed by atoms with E-state index < -0.39 is 30.2 Å². The second-order valence-electron chi connectivity index (χ2n) is 7.82. The first-order valence-electron chi connectivity index (χ1n) is 9.84. The number of rotatable bonds is 12. The average Bonchev–Trinajstić information content (AvgIpc) is 2.62. The van der Waals surface area contributed by atoms with E-state index in [0.29, 0.717) is 6.61 Å². The number of unbranched alkanes of at least 4 members (excludes halogenated alkanes) is 2. The van der Waals surface area contributed by atoms with Gasteiger partial charge < -0.3 is 32.1 Å². The number of carbonyl (C=O) groups excluding carboxylic acids is 2. The molecule has 180 valence electrons. The first-order chi connectivity index (χ1) is 13.7. The molecule has 0 aromatic heterocycles. The number of hydrogen-bond acceptors (Lipinski definition) is 6. The van der Waals surface area contributed by atoms with Crippen molar-refractivity contribution in [3.8, 4) is 0 Å². The van der Waals surface area contributed by atoms with E-state index in [1.807, 2.05) is 21.1 Å². The lowest BCUT2D eigenvalue weighted by Crippen LogP contribution is -3.00. The molecule has 0 aromatic carbocycles. The molecule has 2 N–H and O–H groups in total. The molecule has 0 fully saturated rings. The fourth-order valence-electron chi connectivity index (χ4n) is 2.05. The predicted octanol–water partition coefficient (Wildman–Crippen LogP) is -0.170. The maximum atomic E-state index is 12.0. The number of aliphatic carboxylic acids is 1. The molecule has 2 atom stereocenters. The Balaban J connectivity index is -0.000000976. The maximum absolute atomic E-state index is 12.0. The Morgan fingerprint density at radius 3 is 2.03 bits per heavy atom. The molecule has 0 aliphatic carbocycles. The van der Waals surface area contributed by atoms with Crippen molar-refractivity contribution in [3.05, 3.63) is 36.5 Å². The van der Waals surface area contributed by atoms with Gasteiger partial charge in [0.25, 0.3) is 6.23 Å². The summed E-state index contributed by atoms with van der Waals surface area (Å²) in [5, 5.41) is 17.6. The summed E-state index contributed by atoms with van der Waals surface area (Å²) in [7, 11) is 5.46. The molecule has 0 saturated heterocycles. The van der Waals surface area contributed by atoms with Crippen LogP contribution in [0.4, 0.5) is 0 Å². The molecule has 0 bridgehead atoms. The monoisotopic (exact) mass is 463 g/mol. The highest BCUT2D eigenvalue weighted by Gasteiger charge is 2.32. The van der Waals surface area contributed by atoms with Crippen molar-refractivity contribution in [2.24, 2.45) is 0 Å². The molecule has 9 heteroatoms. The van der Waals surface area contributed by atoms with Crippen molar-refractivity contribution >= 4 is 17.9 Å². The first kappa shape index (κ1) is 33.5. The van der Waals surface area contributed by atoms with E-state index in [4.69, 9.17) is 14.6 Å². The Hall–Kier alpha value is -2.16. The lowest BCUT2D eigenvalue weighted by atomic mass is 10.2. The van der Waals surface area contributed by atoms with Gasteiger partial charge in [-0.25, -0.2) is 14.4 Å². The SMILES string of the molecule is C=C(C)C(=O)O.C=C(CC=CC(=O)OCCCCC)C(=O)OC(C(C)O)[N+](C)(C)C.[Cl-]. The number of aliphatic hydroxyl groups is 1. The Morgan fingerprint density at radius 2 is 1.65 bits per heavy atom. The summed E-state index contributed by atoms with van der Waals surface area (Å²) in [6.07, 6.45) is 4.43. The van der Waals surface area contributed by atoms with Crippen molar-refractivity contribution in [2.75, 3.05) is 27.7 Å². The highest BCUT2D eigenvalue weighted by Crippen LogP contribution is 2.13. The summed E-state index contributed by atoms with van der Waals surface area (Å²) in [5.74, 6) is -1.95. The van der Waals surface area contributed by atoms with Gasteiger partial charge in [-0.05, 0) is 26.7 Å². The Morgan fingerprint density at radius 1 is 1.13 bits per heavy atom. The van der Waals surface area contributed by atoms with Crippen molar-refractivity contribution in [3.63, 3.8) is 0 Å². The molecule has 0 heterocycles. The largest absolute Gasteiger partial charge is 1.00 e. The van der Waals surface area contributed by atoms with Gasteiger partial charge in [0.2, 0.25) is 0 Å². The van der Waals surface area contributed by atoms with Crippen LogP contribution in [-0.2, 0) is 23.9 Å². The standard InChI is InChI=1S/C18H32NO5.C4H6O2.ClH/c1-7-8-9-13-23-16(21)12-10-11-14(2)18(22)24-17(15(3)20)19(4,5)6;1-3(2)4(5)6;/h10,12,15,17,20H,2,7-9,11,13H2,1,3-6H3;1H2,2H3,(H,5,6);1H/q+1;;/p-1. The summed E-state index contributed by atoms with van der Waals surface area (Å²) < 4.78 is 10.6. The Kier molecular flexibility index (Phi) is 18.9. The smallest absolute Gasteiger partial charge is 0.338 e. The van der Waals surface area contributed by atoms with Crippen LogP contribution in [0.2, 0.25) is 0 Å². The third-order valence-corrected chi connectivity index (χ3v) is 3.67. The molecule has 8 nitrogen and oxygen atoms in total. The van der Waals surface area contributed by atoms with E-state index in [-0.39, 0.29) is 34.5 Å². The average molecular weight is 464 g/mol. The summed E-state index contributed by atoms with van der Waals surface area (Å²) in [5.41, 5.74) is 0.388. The van der Waals surface area contributed by atoms with Crippen LogP contribution in [0, 0.1) is 0 Å². The second kappa shape index (κ2) is 17.5. The van der Waals surface area contributed by atoms with E-state index in [9.17, 15) is 19.5 Å². The number of nitrogens with zero attached hydrogens (tertiary/aromatic N) is 1. The van der Waals surface area contributed by atoms with Crippen molar-refractivity contribution in [1.82, 2.24) is 0 Å². The molecular weight excluding hydrogens is 426 g/mol. The first-order valence-corrected chi connectivity index (χ1v) is 9.84. The number of quaternary nitrogens is 1. The molecule has 0 radical (unpaired) electrons. The van der Waals surface area contributed by atoms with E-state index in [1.165, 1.54) is 19.1 Å². The number of carboxylic acids is 1. The number of carboxylic acid groups (broad SMARTS) is 1. The molecule has 0 rings (SSSR count). The number of carbonyl (C=O) groups is 3. The molecule has 0 aliphatic heterocycles. The van der Waals surface area contributed by atoms with Crippen LogP contribution in [0.15, 0.2) is 36.5 Å². The zero-order chi connectivity index (χ0) is 23.9. The van der Waals surface area contributed by atoms with Crippen LogP contribution in [-0.4, -0.2) is 72.7 Å². The zero-order valence-corrected chi connectivity index (χ0v) is 20.3. The summed E-state index contributed by atoms with van der Waals surface area (Å²) >= 11 is 0. The molecule has 0 aliphatic rings. The van der Waals surface area contributed by atoms with Gasteiger partial charge >= 0.3 is 17.9 Å². The second-order valence-corrected chi connectivity index (χ2v) is 7.82. The van der Waals surface area contributed by atoms with Crippen molar-refractivity contribution < 1.29 is 51.0 Å². The van der Waals surface area contributed by atoms with Crippen molar-refractivity contribution in [2.45, 2.75) is 58.8 Å². The molecule has 2 unspecified atom stereocenters. The number of likely N-dealkylation sites (N-methyl/N-ethyl adjacent to an activating group) is 1. The number of hydrogen-bond donors (Lipinski definition) is 2. The number of ether oxygens (including phenoxy) is 2.